The molecule has 6 heterocycles. The van der Waals surface area contributed by atoms with Crippen LogP contribution in [0.15, 0.2) is 84.1 Å². The minimum absolute atomic E-state index is 0.0216. The van der Waals surface area contributed by atoms with Crippen LogP contribution in [0.5, 0.6) is 0 Å². The fraction of sp³-hybridized carbons (Fsp3) is 0.571. The van der Waals surface area contributed by atoms with Crippen molar-refractivity contribution >= 4 is 17.6 Å². The molecule has 11 atom stereocenters. The number of nitrogens with zero attached hydrogens (tertiary/aromatic N) is 7. The zero-order valence-electron chi connectivity index (χ0n) is 32.7. The van der Waals surface area contributed by atoms with Gasteiger partial charge in [-0.3, -0.25) is 9.59 Å². The van der Waals surface area contributed by atoms with Gasteiger partial charge < -0.3 is 81.0 Å². The highest BCUT2D eigenvalue weighted by Gasteiger charge is 2.67. The van der Waals surface area contributed by atoms with Gasteiger partial charge in [0.2, 0.25) is 6.23 Å². The van der Waals surface area contributed by atoms with E-state index >= 15 is 0 Å². The lowest BCUT2D eigenvalue weighted by molar-refractivity contribution is -0.154. The molecule has 25 heteroatoms. The lowest BCUT2D eigenvalue weighted by Crippen LogP contribution is -2.54. The first-order valence-corrected chi connectivity index (χ1v) is 18.0. The quantitative estimate of drug-likeness (QED) is 0.0699. The smallest absolute Gasteiger partial charge is 0.320 e. The Morgan fingerprint density at radius 3 is 1.88 bits per heavy atom. The van der Waals surface area contributed by atoms with E-state index in [1.807, 2.05) is 0 Å². The lowest BCUT2D eigenvalue weighted by atomic mass is 9.89. The largest absolute Gasteiger partial charge is 0.393 e. The number of rotatable bonds is 9. The van der Waals surface area contributed by atoms with Crippen molar-refractivity contribution in [2.75, 3.05) is 26.4 Å². The number of alkyl halides is 3. The summed E-state index contributed by atoms with van der Waals surface area (Å²) in [4.78, 5) is 32.2. The molecule has 0 aromatic heterocycles. The van der Waals surface area contributed by atoms with Crippen LogP contribution in [0.2, 0.25) is 0 Å². The van der Waals surface area contributed by atoms with Crippen LogP contribution in [0.4, 0.5) is 13.2 Å². The molecule has 0 aromatic carbocycles. The summed E-state index contributed by atoms with van der Waals surface area (Å²) in [6, 6.07) is 0. The van der Waals surface area contributed by atoms with Crippen LogP contribution >= 0.6 is 0 Å². The van der Waals surface area contributed by atoms with Crippen molar-refractivity contribution in [3.8, 4) is 0 Å². The van der Waals surface area contributed by atoms with Crippen molar-refractivity contribution < 1.29 is 72.7 Å². The van der Waals surface area contributed by atoms with Crippen LogP contribution in [-0.2, 0) is 23.8 Å². The number of carbonyl (C=O) groups excluding carboxylic acids is 2. The number of aliphatic imine (C=N–C) groups is 1. The second kappa shape index (κ2) is 17.9. The van der Waals surface area contributed by atoms with Gasteiger partial charge in [0, 0.05) is 35.7 Å². The summed E-state index contributed by atoms with van der Waals surface area (Å²) < 4.78 is 59.0. The van der Waals surface area contributed by atoms with Gasteiger partial charge in [0.1, 0.15) is 57.9 Å². The van der Waals surface area contributed by atoms with Gasteiger partial charge in [0.25, 0.3) is 11.8 Å². The Morgan fingerprint density at radius 1 is 0.883 bits per heavy atom. The first-order chi connectivity index (χ1) is 27.9. The first-order valence-electron chi connectivity index (χ1n) is 18.0. The van der Waals surface area contributed by atoms with Crippen molar-refractivity contribution in [2.45, 2.75) is 98.7 Å². The van der Waals surface area contributed by atoms with Gasteiger partial charge in [0.05, 0.1) is 26.4 Å². The molecule has 0 unspecified atom stereocenters. The maximum absolute atomic E-state index is 14.3. The third-order valence-corrected chi connectivity index (χ3v) is 10.5. The molecule has 0 spiro atoms. The van der Waals surface area contributed by atoms with Crippen LogP contribution in [0.3, 0.4) is 0 Å². The monoisotopic (exact) mass is 858 g/mol. The SMILES string of the molecule is C=C1N=C(N)C=CN1[C@@H]1O[C@](CC)(CO)[C@@H](O)C1(F)F.C=C1NC(=O)C=CN1[C@@H]1O[C@@](CO)(CN=[N+]=[N-])[C@@H](O)[C@H]1F.C=C1NC(=O)C=CN1[C@@H]1O[C@](C)(CO)[C@@H](O)[C@@]1(C)O. The summed E-state index contributed by atoms with van der Waals surface area (Å²) in [6.07, 6.45) is -3.40. The molecule has 6 aliphatic heterocycles. The molecule has 60 heavy (non-hydrogen) atoms. The fourth-order valence-electron chi connectivity index (χ4n) is 6.89. The zero-order chi connectivity index (χ0) is 45.2. The van der Waals surface area contributed by atoms with Gasteiger partial charge >= 0.3 is 5.92 Å². The topological polar surface area (TPSA) is 324 Å². The third-order valence-electron chi connectivity index (χ3n) is 10.5. The summed E-state index contributed by atoms with van der Waals surface area (Å²) in [5, 5.41) is 76.4. The maximum atomic E-state index is 14.3. The van der Waals surface area contributed by atoms with E-state index in [1.54, 1.807) is 6.92 Å². The molecule has 0 aromatic rings. The van der Waals surface area contributed by atoms with E-state index in [-0.39, 0.29) is 35.6 Å². The normalized spacial score (nSPS) is 38.1. The summed E-state index contributed by atoms with van der Waals surface area (Å²) in [6.45, 7) is 12.9. The number of hydrogen-bond acceptors (Lipinski definition) is 18. The van der Waals surface area contributed by atoms with Gasteiger partial charge in [-0.25, -0.2) is 9.38 Å². The van der Waals surface area contributed by atoms with E-state index in [0.717, 1.165) is 11.0 Å². The highest BCUT2D eigenvalue weighted by Crippen LogP contribution is 2.46. The van der Waals surface area contributed by atoms with Gasteiger partial charge in [-0.05, 0) is 31.9 Å². The van der Waals surface area contributed by atoms with Crippen molar-refractivity contribution in [1.29, 1.82) is 0 Å². The zero-order valence-corrected chi connectivity index (χ0v) is 32.7. The molecule has 22 nitrogen and oxygen atoms in total. The number of hydrogen-bond donors (Lipinski definition) is 10. The molecule has 0 bridgehead atoms. The number of ether oxygens (including phenoxy) is 3. The molecule has 3 saturated heterocycles. The highest BCUT2D eigenvalue weighted by molar-refractivity contribution is 5.92. The summed E-state index contributed by atoms with van der Waals surface area (Å²) in [5.41, 5.74) is 7.40. The van der Waals surface area contributed by atoms with Gasteiger partial charge in [-0.15, -0.1) is 0 Å². The Morgan fingerprint density at radius 2 is 1.43 bits per heavy atom. The number of nitrogens with one attached hydrogen (secondary N) is 2. The molecule has 6 aliphatic rings. The molecule has 0 radical (unpaired) electrons. The number of carbonyl (C=O) groups is 2. The Labute approximate surface area is 340 Å². The van der Waals surface area contributed by atoms with Crippen LogP contribution in [0.25, 0.3) is 10.4 Å². The number of aliphatic hydroxyl groups is 7. The Bertz CT molecular complexity index is 1870. The number of halogens is 3. The predicted octanol–water partition coefficient (Wildman–Crippen LogP) is -1.74. The molecular weight excluding hydrogens is 809 g/mol. The molecule has 0 saturated carbocycles. The number of amides is 2. The van der Waals surface area contributed by atoms with E-state index in [2.05, 4.69) is 45.4 Å². The van der Waals surface area contributed by atoms with Gasteiger partial charge in [-0.1, -0.05) is 31.8 Å². The maximum Gasteiger partial charge on any atom is 0.320 e. The minimum atomic E-state index is -3.59. The Kier molecular flexibility index (Phi) is 14.2. The predicted molar refractivity (Wildman–Crippen MR) is 201 cm³/mol. The van der Waals surface area contributed by atoms with Crippen LogP contribution in [-0.4, -0.2) is 166 Å². The van der Waals surface area contributed by atoms with Crippen molar-refractivity contribution in [1.82, 2.24) is 25.3 Å². The molecule has 6 rings (SSSR count). The van der Waals surface area contributed by atoms with E-state index in [1.165, 1.54) is 54.4 Å². The Hall–Kier alpha value is -5.05. The second-order valence-corrected chi connectivity index (χ2v) is 14.7. The van der Waals surface area contributed by atoms with Crippen LogP contribution in [0, 0.1) is 0 Å². The van der Waals surface area contributed by atoms with E-state index in [9.17, 15) is 58.5 Å². The first kappa shape index (κ1) is 47.6. The average molecular weight is 859 g/mol. The van der Waals surface area contributed by atoms with Crippen molar-refractivity contribution in [2.24, 2.45) is 15.8 Å². The van der Waals surface area contributed by atoms with E-state index in [0.29, 0.717) is 0 Å². The number of azide groups is 1. The van der Waals surface area contributed by atoms with Crippen molar-refractivity contribution in [3.63, 3.8) is 0 Å². The molecule has 3 fully saturated rings. The number of nitrogens with two attached hydrogens (primary N) is 1. The summed E-state index contributed by atoms with van der Waals surface area (Å²) >= 11 is 0. The van der Waals surface area contributed by atoms with E-state index < -0.39 is 104 Å². The van der Waals surface area contributed by atoms with Gasteiger partial charge in [-0.2, -0.15) is 8.78 Å². The van der Waals surface area contributed by atoms with E-state index in [4.69, 9.17) is 25.5 Å². The fourth-order valence-corrected chi connectivity index (χ4v) is 6.89. The number of amidine groups is 1. The molecular formula is C35H49F3N10O12. The molecule has 0 aliphatic carbocycles. The Balaban J connectivity index is 0.000000199. The average Bonchev–Trinajstić information content (AvgIpc) is 3.65. The summed E-state index contributed by atoms with van der Waals surface area (Å²) in [7, 11) is 0. The minimum Gasteiger partial charge on any atom is -0.393 e. The summed E-state index contributed by atoms with van der Waals surface area (Å²) in [5.74, 6) is -3.93. The van der Waals surface area contributed by atoms with Crippen LogP contribution < -0.4 is 16.4 Å². The molecule has 11 N–H and O–H groups in total. The second-order valence-electron chi connectivity index (χ2n) is 14.7. The molecule has 332 valence electrons. The van der Waals surface area contributed by atoms with Crippen LogP contribution in [0.1, 0.15) is 27.2 Å². The third kappa shape index (κ3) is 8.73. The highest BCUT2D eigenvalue weighted by atomic mass is 19.3. The van der Waals surface area contributed by atoms with Crippen molar-refractivity contribution in [3.05, 3.63) is 84.5 Å². The standard InChI is InChI=1S/C12H17F2N3O3.C12H18N2O5.C11H14FN5O4/c1-3-11(6-18)9(19)12(13,14)10(20-11)17-5-4-8(15)16-7(17)2;1-7-13-8(16)4-5-14(7)10-12(3,18)9(17)11(2,6-15)19-10;1-6-15-7(19)2-3-17(6)10-8(12)9(20)11(5-18,21-10)4-14-16-13/h4-5,9-10,18-19H,2-3,6H2,1H3,(H2,15,16);4-5,9-10,15,17-18H,1,6H2,2-3H3,(H,13,16);2-3,8-10,18,20H,1,4-5H2,(H,15,19)/t9-,10-,11-;9-,10-,11-,12-;8-,9+,10-,11-/m111/s1. The number of aliphatic hydroxyl groups excluding tert-OH is 6. The molecule has 2 amide bonds. The lowest BCUT2D eigenvalue weighted by Gasteiger charge is -2.37. The van der Waals surface area contributed by atoms with Gasteiger partial charge in [0.15, 0.2) is 24.7 Å².